The lowest BCUT2D eigenvalue weighted by Gasteiger charge is -1.93. The van der Waals surface area contributed by atoms with Gasteiger partial charge in [-0.05, 0) is 13.0 Å². The molecule has 0 saturated carbocycles. The summed E-state index contributed by atoms with van der Waals surface area (Å²) in [6, 6.07) is 0. The maximum absolute atomic E-state index is 5.12. The van der Waals surface area contributed by atoms with Gasteiger partial charge in [0.1, 0.15) is 0 Å². The van der Waals surface area contributed by atoms with Crippen LogP contribution in [-0.4, -0.2) is 13.2 Å². The average Bonchev–Trinajstić information content (AvgIpc) is 1.69. The van der Waals surface area contributed by atoms with Crippen LogP contribution in [0.15, 0.2) is 12.7 Å². The van der Waals surface area contributed by atoms with Crippen LogP contribution in [-0.2, 0) is 0 Å². The van der Waals surface area contributed by atoms with E-state index in [1.165, 1.54) is 0 Å². The molecule has 3 N–H and O–H groups in total. The summed E-state index contributed by atoms with van der Waals surface area (Å²) in [5.74, 6) is 0. The van der Waals surface area contributed by atoms with Crippen LogP contribution >= 0.6 is 0 Å². The zero-order valence-corrected chi connectivity index (χ0v) is 4.48. The van der Waals surface area contributed by atoms with E-state index in [9.17, 15) is 0 Å². The summed E-state index contributed by atoms with van der Waals surface area (Å²) in [5, 5.41) is 2.96. The van der Waals surface area contributed by atoms with Gasteiger partial charge in [0.05, 0.1) is 0 Å². The summed E-state index contributed by atoms with van der Waals surface area (Å²) in [4.78, 5) is 0. The van der Waals surface area contributed by atoms with Gasteiger partial charge < -0.3 is 11.1 Å². The Morgan fingerprint density at radius 1 is 1.71 bits per heavy atom. The van der Waals surface area contributed by atoms with Crippen molar-refractivity contribution in [1.82, 2.24) is 5.32 Å². The maximum atomic E-state index is 5.12. The Morgan fingerprint density at radius 2 is 2.43 bits per heavy atom. The third-order valence-corrected chi connectivity index (χ3v) is 0.670. The molecule has 7 heavy (non-hydrogen) atoms. The van der Waals surface area contributed by atoms with Gasteiger partial charge in [-0.15, -0.1) is 6.58 Å². The van der Waals surface area contributed by atoms with Crippen LogP contribution < -0.4 is 11.1 Å². The Balaban J connectivity index is 2.56. The number of nitrogens with one attached hydrogen (secondary N) is 1. The molecule has 2 nitrogen and oxygen atoms in total. The highest BCUT2D eigenvalue weighted by Crippen LogP contribution is 1.71. The molecule has 0 bridgehead atoms. The maximum Gasteiger partial charge on any atom is 0.0428 e. The molecule has 2 heteroatoms. The summed E-state index contributed by atoms with van der Waals surface area (Å²) >= 11 is 0. The van der Waals surface area contributed by atoms with Crippen LogP contribution in [0.3, 0.4) is 0 Å². The third kappa shape index (κ3) is 5.66. The van der Waals surface area contributed by atoms with E-state index < -0.39 is 0 Å². The van der Waals surface area contributed by atoms with Gasteiger partial charge in [0, 0.05) is 6.67 Å². The van der Waals surface area contributed by atoms with E-state index in [4.69, 9.17) is 5.73 Å². The van der Waals surface area contributed by atoms with Gasteiger partial charge >= 0.3 is 0 Å². The highest BCUT2D eigenvalue weighted by atomic mass is 14.9. The van der Waals surface area contributed by atoms with Crippen LogP contribution in [0.25, 0.3) is 0 Å². The van der Waals surface area contributed by atoms with Gasteiger partial charge in [0.2, 0.25) is 0 Å². The standard InChI is InChI=1S/C5H12N2/c1-2-3-4-7-5-6/h2,7H,1,3-6H2. The van der Waals surface area contributed by atoms with E-state index in [2.05, 4.69) is 11.9 Å². The third-order valence-electron chi connectivity index (χ3n) is 0.670. The fourth-order valence-corrected chi connectivity index (χ4v) is 0.306. The van der Waals surface area contributed by atoms with E-state index in [1.54, 1.807) is 0 Å². The minimum Gasteiger partial charge on any atom is -0.318 e. The smallest absolute Gasteiger partial charge is 0.0428 e. The molecule has 0 amide bonds. The first-order chi connectivity index (χ1) is 3.41. The molecule has 0 heterocycles. The molecule has 0 aliphatic carbocycles. The molecule has 0 saturated heterocycles. The summed E-state index contributed by atoms with van der Waals surface area (Å²) in [6.45, 7) is 5.06. The molecular weight excluding hydrogens is 88.1 g/mol. The number of nitrogens with two attached hydrogens (primary N) is 1. The van der Waals surface area contributed by atoms with Gasteiger partial charge in [-0.1, -0.05) is 6.08 Å². The predicted octanol–water partition coefficient (Wildman–Crippen LogP) is 0.0683. The van der Waals surface area contributed by atoms with Crippen LogP contribution in [0, 0.1) is 0 Å². The Kier molecular flexibility index (Phi) is 5.39. The van der Waals surface area contributed by atoms with Crippen LogP contribution in [0.2, 0.25) is 0 Å². The topological polar surface area (TPSA) is 38.0 Å². The molecular formula is C5H12N2. The van der Waals surface area contributed by atoms with E-state index in [-0.39, 0.29) is 0 Å². The molecule has 0 spiro atoms. The van der Waals surface area contributed by atoms with Crippen molar-refractivity contribution in [2.75, 3.05) is 13.2 Å². The van der Waals surface area contributed by atoms with E-state index in [0.29, 0.717) is 6.67 Å². The van der Waals surface area contributed by atoms with Crippen molar-refractivity contribution < 1.29 is 0 Å². The van der Waals surface area contributed by atoms with Crippen molar-refractivity contribution in [3.8, 4) is 0 Å². The average molecular weight is 100 g/mol. The number of hydrogen-bond donors (Lipinski definition) is 2. The highest BCUT2D eigenvalue weighted by molar-refractivity contribution is 4.66. The van der Waals surface area contributed by atoms with Crippen molar-refractivity contribution >= 4 is 0 Å². The van der Waals surface area contributed by atoms with Gasteiger partial charge in [-0.25, -0.2) is 0 Å². The highest BCUT2D eigenvalue weighted by Gasteiger charge is 1.74. The van der Waals surface area contributed by atoms with Gasteiger partial charge in [-0.3, -0.25) is 0 Å². The molecule has 0 aromatic carbocycles. The minimum atomic E-state index is 0.563. The molecule has 42 valence electrons. The van der Waals surface area contributed by atoms with Crippen molar-refractivity contribution in [3.05, 3.63) is 12.7 Å². The van der Waals surface area contributed by atoms with E-state index >= 15 is 0 Å². The monoisotopic (exact) mass is 100 g/mol. The molecule has 0 aromatic rings. The van der Waals surface area contributed by atoms with Crippen molar-refractivity contribution in [1.29, 1.82) is 0 Å². The SMILES string of the molecule is C=CCCNCN. The van der Waals surface area contributed by atoms with Gasteiger partial charge in [0.25, 0.3) is 0 Å². The second-order valence-electron chi connectivity index (χ2n) is 1.28. The molecule has 0 unspecified atom stereocenters. The van der Waals surface area contributed by atoms with E-state index in [1.807, 2.05) is 6.08 Å². The minimum absolute atomic E-state index is 0.563. The summed E-state index contributed by atoms with van der Waals surface area (Å²) < 4.78 is 0. The van der Waals surface area contributed by atoms with Crippen LogP contribution in [0.1, 0.15) is 6.42 Å². The zero-order valence-electron chi connectivity index (χ0n) is 4.48. The lowest BCUT2D eigenvalue weighted by atomic mass is 10.4. The van der Waals surface area contributed by atoms with Crippen LogP contribution in [0.5, 0.6) is 0 Å². The Bertz CT molecular complexity index is 43.3. The van der Waals surface area contributed by atoms with Gasteiger partial charge in [-0.2, -0.15) is 0 Å². The lowest BCUT2D eigenvalue weighted by Crippen LogP contribution is -2.22. The predicted molar refractivity (Wildman–Crippen MR) is 31.9 cm³/mol. The number of hydrogen-bond acceptors (Lipinski definition) is 2. The normalized spacial score (nSPS) is 8.71. The van der Waals surface area contributed by atoms with Crippen molar-refractivity contribution in [2.45, 2.75) is 6.42 Å². The molecule has 0 aliphatic heterocycles. The summed E-state index contributed by atoms with van der Waals surface area (Å²) in [6.07, 6.45) is 2.86. The molecule has 0 atom stereocenters. The first kappa shape index (κ1) is 6.66. The second kappa shape index (κ2) is 5.66. The number of rotatable bonds is 4. The lowest BCUT2D eigenvalue weighted by molar-refractivity contribution is 0.710. The molecule has 0 fully saturated rings. The van der Waals surface area contributed by atoms with Crippen molar-refractivity contribution in [3.63, 3.8) is 0 Å². The van der Waals surface area contributed by atoms with Gasteiger partial charge in [0.15, 0.2) is 0 Å². The summed E-state index contributed by atoms with van der Waals surface area (Å²) in [5.41, 5.74) is 5.12. The fraction of sp³-hybridized carbons (Fsp3) is 0.600. The zero-order chi connectivity index (χ0) is 5.54. The Labute approximate surface area is 44.4 Å². The largest absolute Gasteiger partial charge is 0.318 e. The van der Waals surface area contributed by atoms with E-state index in [0.717, 1.165) is 13.0 Å². The fourth-order valence-electron chi connectivity index (χ4n) is 0.306. The quantitative estimate of drug-likeness (QED) is 0.298. The van der Waals surface area contributed by atoms with Crippen LogP contribution in [0.4, 0.5) is 0 Å². The second-order valence-corrected chi connectivity index (χ2v) is 1.28. The molecule has 0 aliphatic rings. The Morgan fingerprint density at radius 3 is 2.86 bits per heavy atom. The summed E-state index contributed by atoms with van der Waals surface area (Å²) in [7, 11) is 0. The molecule has 0 rings (SSSR count). The molecule has 0 radical (unpaired) electrons. The first-order valence-corrected chi connectivity index (χ1v) is 2.43. The van der Waals surface area contributed by atoms with Crippen molar-refractivity contribution in [2.24, 2.45) is 5.73 Å². The molecule has 0 aromatic heterocycles. The first-order valence-electron chi connectivity index (χ1n) is 2.43. The Hall–Kier alpha value is -0.340.